The summed E-state index contributed by atoms with van der Waals surface area (Å²) in [6.07, 6.45) is 0.374. The lowest BCUT2D eigenvalue weighted by atomic mass is 9.70. The van der Waals surface area contributed by atoms with Gasteiger partial charge in [0.25, 0.3) is 0 Å². The Labute approximate surface area is 262 Å². The summed E-state index contributed by atoms with van der Waals surface area (Å²) in [4.78, 5) is 45.9. The number of aliphatic hydroxyl groups excluding tert-OH is 1. The summed E-state index contributed by atoms with van der Waals surface area (Å²) in [7, 11) is 0. The van der Waals surface area contributed by atoms with Gasteiger partial charge in [-0.15, -0.1) is 0 Å². The number of halogens is 1. The highest BCUT2D eigenvalue weighted by Crippen LogP contribution is 2.60. The van der Waals surface area contributed by atoms with Gasteiger partial charge in [-0.25, -0.2) is 0 Å². The van der Waals surface area contributed by atoms with E-state index in [1.165, 1.54) is 4.90 Å². The second kappa shape index (κ2) is 13.0. The summed E-state index contributed by atoms with van der Waals surface area (Å²) in [5.74, 6) is -2.37. The molecular weight excluding hydrogens is 612 g/mol. The smallest absolute Gasteiger partial charge is 0.250 e. The Bertz CT molecular complexity index is 1300. The number of carbonyl (C=O) groups excluding carboxylic acids is 3. The molecule has 2 aromatic rings. The first-order valence-corrected chi connectivity index (χ1v) is 16.3. The quantitative estimate of drug-likeness (QED) is 0.299. The highest BCUT2D eigenvalue weighted by molar-refractivity contribution is 9.09. The fourth-order valence-corrected chi connectivity index (χ4v) is 8.28. The summed E-state index contributed by atoms with van der Waals surface area (Å²) in [6, 6.07) is 15.7. The molecule has 3 saturated heterocycles. The molecule has 0 aliphatic carbocycles. The van der Waals surface area contributed by atoms with Crippen LogP contribution < -0.4 is 15.5 Å². The zero-order chi connectivity index (χ0) is 30.9. The van der Waals surface area contributed by atoms with E-state index in [4.69, 9.17) is 4.74 Å². The molecule has 0 radical (unpaired) electrons. The first-order chi connectivity index (χ1) is 20.6. The molecule has 3 amide bonds. The van der Waals surface area contributed by atoms with Gasteiger partial charge in [0.2, 0.25) is 17.7 Å². The minimum atomic E-state index is -1.19. The van der Waals surface area contributed by atoms with Crippen LogP contribution in [0.1, 0.15) is 46.1 Å². The van der Waals surface area contributed by atoms with Crippen molar-refractivity contribution < 1.29 is 24.2 Å². The maximum absolute atomic E-state index is 14.4. The van der Waals surface area contributed by atoms with Crippen molar-refractivity contribution in [2.75, 3.05) is 29.9 Å². The molecule has 3 aliphatic heterocycles. The summed E-state index contributed by atoms with van der Waals surface area (Å²) in [5, 5.41) is 16.5. The van der Waals surface area contributed by atoms with Gasteiger partial charge >= 0.3 is 0 Å². The number of hydrogen-bond donors (Lipinski definition) is 3. The number of nitrogens with one attached hydrogen (secondary N) is 2. The molecule has 2 bridgehead atoms. The van der Waals surface area contributed by atoms with Gasteiger partial charge in [0.05, 0.1) is 30.6 Å². The van der Waals surface area contributed by atoms with E-state index in [0.29, 0.717) is 25.1 Å². The van der Waals surface area contributed by atoms with E-state index in [1.807, 2.05) is 68.4 Å². The highest BCUT2D eigenvalue weighted by atomic mass is 79.9. The number of benzene rings is 2. The van der Waals surface area contributed by atoms with Crippen LogP contribution in [0.4, 0.5) is 11.4 Å². The first-order valence-electron chi connectivity index (χ1n) is 15.4. The SMILES string of the molecule is CCN(CC)c1ccc(NC(=O)C2N([C@@H](CO)CC(C)C)C(=O)[C@@H]3[C@@H](C(=O)NCc4ccccc4)[C@@H]4OC23CC4Br)cc1. The number of rotatable bonds is 12. The van der Waals surface area contributed by atoms with Crippen molar-refractivity contribution in [2.45, 2.75) is 75.7 Å². The van der Waals surface area contributed by atoms with Gasteiger partial charge in [0.15, 0.2) is 0 Å². The third-order valence-electron chi connectivity index (χ3n) is 9.20. The standard InChI is InChI=1S/C33H43BrN4O5/c1-5-37(6-2)23-14-12-22(13-15-23)36-31(41)29-33-17-25(34)28(43-33)26(30(40)35-18-21-10-8-7-9-11-21)27(33)32(42)38(29)24(19-39)16-20(3)4/h7-15,20,24-29,39H,5-6,16-19H2,1-4H3,(H,35,40)(H,36,41)/t24-,25?,26-,27+,28-,29?,33?/m1/s1. The lowest BCUT2D eigenvalue weighted by Gasteiger charge is -2.37. The minimum absolute atomic E-state index is 0.172. The van der Waals surface area contributed by atoms with E-state index in [0.717, 1.165) is 24.3 Å². The monoisotopic (exact) mass is 654 g/mol. The Morgan fingerprint density at radius 2 is 1.77 bits per heavy atom. The average molecular weight is 656 g/mol. The van der Waals surface area contributed by atoms with Crippen LogP contribution in [0.5, 0.6) is 0 Å². The van der Waals surface area contributed by atoms with Crippen LogP contribution in [-0.4, -0.2) is 76.0 Å². The molecule has 3 N–H and O–H groups in total. The number of amides is 3. The van der Waals surface area contributed by atoms with E-state index in [1.54, 1.807) is 0 Å². The zero-order valence-corrected chi connectivity index (χ0v) is 26.9. The predicted octanol–water partition coefficient (Wildman–Crippen LogP) is 3.94. The van der Waals surface area contributed by atoms with Crippen LogP contribution >= 0.6 is 15.9 Å². The molecule has 1 spiro atoms. The normalized spacial score (nSPS) is 28.2. The van der Waals surface area contributed by atoms with E-state index < -0.39 is 35.6 Å². The topological polar surface area (TPSA) is 111 Å². The van der Waals surface area contributed by atoms with Crippen LogP contribution in [0.15, 0.2) is 54.6 Å². The molecule has 3 heterocycles. The maximum atomic E-state index is 14.4. The average Bonchev–Trinajstić information content (AvgIpc) is 3.59. The summed E-state index contributed by atoms with van der Waals surface area (Å²) in [5.41, 5.74) is 1.42. The first kappa shape index (κ1) is 31.5. The number of alkyl halides is 1. The van der Waals surface area contributed by atoms with Gasteiger partial charge in [-0.1, -0.05) is 60.1 Å². The molecule has 10 heteroatoms. The number of nitrogens with zero attached hydrogens (tertiary/aromatic N) is 2. The maximum Gasteiger partial charge on any atom is 0.250 e. The minimum Gasteiger partial charge on any atom is -0.394 e. The Balaban J connectivity index is 1.46. The van der Waals surface area contributed by atoms with Crippen LogP contribution in [0.3, 0.4) is 0 Å². The number of hydrogen-bond acceptors (Lipinski definition) is 6. The second-order valence-corrected chi connectivity index (χ2v) is 13.5. The van der Waals surface area contributed by atoms with Gasteiger partial charge in [-0.05, 0) is 62.4 Å². The Morgan fingerprint density at radius 3 is 2.37 bits per heavy atom. The van der Waals surface area contributed by atoms with E-state index in [2.05, 4.69) is 45.3 Å². The van der Waals surface area contributed by atoms with Crippen LogP contribution in [0, 0.1) is 17.8 Å². The van der Waals surface area contributed by atoms with Crippen molar-refractivity contribution in [2.24, 2.45) is 17.8 Å². The number of likely N-dealkylation sites (tertiary alicyclic amines) is 1. The summed E-state index contributed by atoms with van der Waals surface area (Å²) >= 11 is 3.72. The van der Waals surface area contributed by atoms with E-state index in [9.17, 15) is 19.5 Å². The van der Waals surface area contributed by atoms with Crippen molar-refractivity contribution >= 4 is 45.0 Å². The number of anilines is 2. The van der Waals surface area contributed by atoms with Crippen molar-refractivity contribution in [3.05, 3.63) is 60.2 Å². The number of fused-ring (bicyclic) bond motifs is 1. The number of carbonyl (C=O) groups is 3. The molecule has 232 valence electrons. The highest BCUT2D eigenvalue weighted by Gasteiger charge is 2.77. The van der Waals surface area contributed by atoms with Gasteiger partial charge < -0.3 is 30.3 Å². The zero-order valence-electron chi connectivity index (χ0n) is 25.3. The molecule has 5 rings (SSSR count). The second-order valence-electron chi connectivity index (χ2n) is 12.3. The van der Waals surface area contributed by atoms with Crippen LogP contribution in [0.25, 0.3) is 0 Å². The third kappa shape index (κ3) is 5.81. The van der Waals surface area contributed by atoms with Crippen LogP contribution in [-0.2, 0) is 25.7 Å². The fourth-order valence-electron chi connectivity index (χ4n) is 7.34. The van der Waals surface area contributed by atoms with Crippen molar-refractivity contribution in [3.63, 3.8) is 0 Å². The predicted molar refractivity (Wildman–Crippen MR) is 170 cm³/mol. The Hall–Kier alpha value is -2.95. The Kier molecular flexibility index (Phi) is 9.49. The van der Waals surface area contributed by atoms with E-state index in [-0.39, 0.29) is 35.1 Å². The van der Waals surface area contributed by atoms with Gasteiger partial charge in [0.1, 0.15) is 11.6 Å². The number of aliphatic hydroxyl groups is 1. The summed E-state index contributed by atoms with van der Waals surface area (Å²) in [6.45, 7) is 10.0. The molecule has 43 heavy (non-hydrogen) atoms. The molecule has 2 aromatic carbocycles. The van der Waals surface area contributed by atoms with Crippen molar-refractivity contribution in [1.29, 1.82) is 0 Å². The molecule has 9 nitrogen and oxygen atoms in total. The van der Waals surface area contributed by atoms with Crippen molar-refractivity contribution in [3.8, 4) is 0 Å². The lowest BCUT2D eigenvalue weighted by molar-refractivity contribution is -0.144. The molecule has 7 atom stereocenters. The van der Waals surface area contributed by atoms with E-state index >= 15 is 0 Å². The van der Waals surface area contributed by atoms with Gasteiger partial charge in [-0.3, -0.25) is 14.4 Å². The van der Waals surface area contributed by atoms with Gasteiger partial charge in [0, 0.05) is 35.8 Å². The fraction of sp³-hybridized carbons (Fsp3) is 0.545. The number of ether oxygens (including phenoxy) is 1. The molecule has 3 fully saturated rings. The van der Waals surface area contributed by atoms with Crippen LogP contribution in [0.2, 0.25) is 0 Å². The van der Waals surface area contributed by atoms with Crippen molar-refractivity contribution in [1.82, 2.24) is 10.2 Å². The molecule has 0 saturated carbocycles. The molecule has 0 aromatic heterocycles. The molecular formula is C33H43BrN4O5. The molecule has 3 unspecified atom stereocenters. The summed E-state index contributed by atoms with van der Waals surface area (Å²) < 4.78 is 6.61. The molecule has 3 aliphatic rings. The Morgan fingerprint density at radius 1 is 1.09 bits per heavy atom. The largest absolute Gasteiger partial charge is 0.394 e. The van der Waals surface area contributed by atoms with Gasteiger partial charge in [-0.2, -0.15) is 0 Å². The lowest BCUT2D eigenvalue weighted by Crippen LogP contribution is -2.57. The third-order valence-corrected chi connectivity index (χ3v) is 10.0.